The van der Waals surface area contributed by atoms with Gasteiger partial charge in [0.15, 0.2) is 6.10 Å². The third kappa shape index (κ3) is 68.2. The van der Waals surface area contributed by atoms with Crippen molar-refractivity contribution in [1.29, 1.82) is 0 Å². The summed E-state index contributed by atoms with van der Waals surface area (Å²) in [4.78, 5) is 38.4. The van der Waals surface area contributed by atoms with Gasteiger partial charge in [-0.15, -0.1) is 0 Å². The lowest BCUT2D eigenvalue weighted by atomic mass is 10.0. The molecule has 0 N–H and O–H groups in total. The second-order valence-electron chi connectivity index (χ2n) is 24.9. The maximum Gasteiger partial charge on any atom is 0.306 e. The zero-order chi connectivity index (χ0) is 59.2. The van der Waals surface area contributed by atoms with Gasteiger partial charge in [0, 0.05) is 19.3 Å². The predicted octanol–water partition coefficient (Wildman–Crippen LogP) is 25.3. The summed E-state index contributed by atoms with van der Waals surface area (Å²) in [7, 11) is 0. The van der Waals surface area contributed by atoms with Gasteiger partial charge < -0.3 is 14.2 Å². The Bertz CT molecular complexity index is 1410. The summed E-state index contributed by atoms with van der Waals surface area (Å²) in [6, 6.07) is 0. The van der Waals surface area contributed by atoms with E-state index in [9.17, 15) is 14.4 Å². The molecule has 0 radical (unpaired) electrons. The summed E-state index contributed by atoms with van der Waals surface area (Å²) >= 11 is 0. The van der Waals surface area contributed by atoms with Gasteiger partial charge in [-0.3, -0.25) is 14.4 Å². The van der Waals surface area contributed by atoms with Gasteiger partial charge in [0.2, 0.25) is 0 Å². The van der Waals surface area contributed by atoms with E-state index in [1.807, 2.05) is 0 Å². The Balaban J connectivity index is 4.13. The average molecular weight is 1150 g/mol. The molecule has 0 heterocycles. The molecule has 0 aromatic rings. The number of carbonyl (C=O) groups excluding carboxylic acids is 3. The van der Waals surface area contributed by atoms with Crippen LogP contribution in [0.3, 0.4) is 0 Å². The lowest BCUT2D eigenvalue weighted by Crippen LogP contribution is -2.30. The normalized spacial score (nSPS) is 12.3. The van der Waals surface area contributed by atoms with Crippen molar-refractivity contribution in [3.63, 3.8) is 0 Å². The van der Waals surface area contributed by atoms with Crippen molar-refractivity contribution < 1.29 is 28.6 Å². The molecular formula is C76H140O6. The molecule has 1 atom stereocenters. The van der Waals surface area contributed by atoms with E-state index in [2.05, 4.69) is 69.4 Å². The minimum atomic E-state index is -0.776. The van der Waals surface area contributed by atoms with Crippen LogP contribution in [-0.4, -0.2) is 37.2 Å². The van der Waals surface area contributed by atoms with Gasteiger partial charge in [-0.25, -0.2) is 0 Å². The van der Waals surface area contributed by atoms with Crippen LogP contribution in [0.1, 0.15) is 400 Å². The van der Waals surface area contributed by atoms with E-state index in [0.29, 0.717) is 19.3 Å². The second-order valence-corrected chi connectivity index (χ2v) is 24.9. The van der Waals surface area contributed by atoms with Crippen LogP contribution in [0.2, 0.25) is 0 Å². The zero-order valence-electron chi connectivity index (χ0n) is 55.3. The van der Waals surface area contributed by atoms with Crippen LogP contribution >= 0.6 is 0 Å². The fourth-order valence-electron chi connectivity index (χ4n) is 11.0. The standard InChI is InChI=1S/C76H140O6/c1-4-7-10-13-16-19-22-25-28-30-31-32-33-34-35-36-37-38-39-40-41-42-43-44-45-47-48-51-54-57-60-63-66-69-75(78)81-72-73(71-80-74(77)68-65-62-59-56-53-50-27-24-21-18-15-12-9-6-3)82-76(79)70-67-64-61-58-55-52-49-46-29-26-23-20-17-14-11-8-5-2/h15,18,22,24-25,27,30-31,73H,4-14,16-17,19-21,23,26,28-29,32-72H2,1-3H3/b18-15-,25-22-,27-24-,31-30-. The number of carbonyl (C=O) groups is 3. The number of esters is 3. The van der Waals surface area contributed by atoms with E-state index < -0.39 is 6.10 Å². The van der Waals surface area contributed by atoms with Gasteiger partial charge in [0.25, 0.3) is 0 Å². The third-order valence-electron chi connectivity index (χ3n) is 16.6. The van der Waals surface area contributed by atoms with Crippen molar-refractivity contribution in [2.75, 3.05) is 13.2 Å². The third-order valence-corrected chi connectivity index (χ3v) is 16.6. The largest absolute Gasteiger partial charge is 0.462 e. The van der Waals surface area contributed by atoms with Crippen LogP contribution in [0, 0.1) is 0 Å². The molecule has 0 aromatic carbocycles. The van der Waals surface area contributed by atoms with Crippen molar-refractivity contribution in [2.24, 2.45) is 0 Å². The molecule has 0 saturated carbocycles. The Morgan fingerprint density at radius 2 is 0.451 bits per heavy atom. The van der Waals surface area contributed by atoms with Gasteiger partial charge in [0.05, 0.1) is 0 Å². The van der Waals surface area contributed by atoms with Gasteiger partial charge in [-0.05, 0) is 77.0 Å². The first-order valence-electron chi connectivity index (χ1n) is 36.6. The van der Waals surface area contributed by atoms with Crippen LogP contribution in [0.25, 0.3) is 0 Å². The quantitative estimate of drug-likeness (QED) is 0.0261. The lowest BCUT2D eigenvalue weighted by Gasteiger charge is -2.18. The molecule has 0 saturated heterocycles. The first-order chi connectivity index (χ1) is 40.5. The van der Waals surface area contributed by atoms with E-state index in [0.717, 1.165) is 83.5 Å². The lowest BCUT2D eigenvalue weighted by molar-refractivity contribution is -0.167. The van der Waals surface area contributed by atoms with Crippen LogP contribution in [0.5, 0.6) is 0 Å². The molecule has 6 nitrogen and oxygen atoms in total. The van der Waals surface area contributed by atoms with E-state index in [-0.39, 0.29) is 31.1 Å². The molecule has 0 bridgehead atoms. The molecule has 1 unspecified atom stereocenters. The first-order valence-corrected chi connectivity index (χ1v) is 36.6. The van der Waals surface area contributed by atoms with Crippen LogP contribution in [-0.2, 0) is 28.6 Å². The molecule has 0 aliphatic carbocycles. The number of ether oxygens (including phenoxy) is 3. The Morgan fingerprint density at radius 1 is 0.244 bits per heavy atom. The van der Waals surface area contributed by atoms with Gasteiger partial charge >= 0.3 is 17.9 Å². The van der Waals surface area contributed by atoms with E-state index in [1.165, 1.54) is 276 Å². The molecule has 480 valence electrons. The highest BCUT2D eigenvalue weighted by atomic mass is 16.6. The van der Waals surface area contributed by atoms with Crippen molar-refractivity contribution >= 4 is 17.9 Å². The summed E-state index contributed by atoms with van der Waals surface area (Å²) in [5.74, 6) is -0.858. The summed E-state index contributed by atoms with van der Waals surface area (Å²) < 4.78 is 17.0. The Morgan fingerprint density at radius 3 is 0.707 bits per heavy atom. The Labute approximate surface area is 511 Å². The average Bonchev–Trinajstić information content (AvgIpc) is 3.48. The van der Waals surface area contributed by atoms with Crippen LogP contribution in [0.4, 0.5) is 0 Å². The van der Waals surface area contributed by atoms with Crippen molar-refractivity contribution in [3.05, 3.63) is 48.6 Å². The summed E-state index contributed by atoms with van der Waals surface area (Å²) in [5.41, 5.74) is 0. The summed E-state index contributed by atoms with van der Waals surface area (Å²) in [6.07, 6.45) is 90.2. The molecule has 0 aliphatic heterocycles. The monoisotopic (exact) mass is 1150 g/mol. The molecule has 0 fully saturated rings. The second kappa shape index (κ2) is 70.9. The molecule has 0 spiro atoms. The topological polar surface area (TPSA) is 78.9 Å². The van der Waals surface area contributed by atoms with Crippen molar-refractivity contribution in [3.8, 4) is 0 Å². The highest BCUT2D eigenvalue weighted by molar-refractivity contribution is 5.71. The van der Waals surface area contributed by atoms with Gasteiger partial charge in [0.1, 0.15) is 13.2 Å². The van der Waals surface area contributed by atoms with Crippen molar-refractivity contribution in [2.45, 2.75) is 406 Å². The van der Waals surface area contributed by atoms with E-state index in [1.54, 1.807) is 0 Å². The van der Waals surface area contributed by atoms with Gasteiger partial charge in [-0.1, -0.05) is 352 Å². The minimum Gasteiger partial charge on any atom is -0.462 e. The molecule has 82 heavy (non-hydrogen) atoms. The van der Waals surface area contributed by atoms with E-state index in [4.69, 9.17) is 14.2 Å². The summed E-state index contributed by atoms with van der Waals surface area (Å²) in [5, 5.41) is 0. The number of allylic oxidation sites excluding steroid dienone is 8. The highest BCUT2D eigenvalue weighted by Gasteiger charge is 2.19. The van der Waals surface area contributed by atoms with Crippen LogP contribution < -0.4 is 0 Å². The Kier molecular flexibility index (Phi) is 68.6. The fourth-order valence-corrected chi connectivity index (χ4v) is 11.0. The SMILES string of the molecule is CCCC/C=C\C/C=C\CCCCCCCC(=O)OCC(COC(=O)CCCCCCCCCCCCCCCCCCCCCCC/C=C\C/C=C\CCCCCCC)OC(=O)CCCCCCCCCCCCCCCCCCC. The predicted molar refractivity (Wildman–Crippen MR) is 358 cm³/mol. The number of hydrogen-bond acceptors (Lipinski definition) is 6. The molecular weight excluding hydrogens is 1010 g/mol. The molecule has 0 amide bonds. The van der Waals surface area contributed by atoms with Crippen molar-refractivity contribution in [1.82, 2.24) is 0 Å². The zero-order valence-corrected chi connectivity index (χ0v) is 55.3. The van der Waals surface area contributed by atoms with E-state index >= 15 is 0 Å². The fraction of sp³-hybridized carbons (Fsp3) is 0.855. The molecule has 6 heteroatoms. The highest BCUT2D eigenvalue weighted by Crippen LogP contribution is 2.19. The smallest absolute Gasteiger partial charge is 0.306 e. The molecule has 0 aromatic heterocycles. The molecule has 0 rings (SSSR count). The maximum atomic E-state index is 12.9. The Hall–Kier alpha value is -2.63. The number of unbranched alkanes of at least 4 members (excludes halogenated alkanes) is 49. The van der Waals surface area contributed by atoms with Crippen LogP contribution in [0.15, 0.2) is 48.6 Å². The molecule has 0 aliphatic rings. The summed E-state index contributed by atoms with van der Waals surface area (Å²) in [6.45, 7) is 6.65. The minimum absolute atomic E-state index is 0.0717. The maximum absolute atomic E-state index is 12.9. The number of hydrogen-bond donors (Lipinski definition) is 0. The van der Waals surface area contributed by atoms with Gasteiger partial charge in [-0.2, -0.15) is 0 Å². The number of rotatable bonds is 68. The first kappa shape index (κ1) is 79.4.